The molecule has 1 N–H and O–H groups in total. The summed E-state index contributed by atoms with van der Waals surface area (Å²) in [4.78, 5) is 14.9. The quantitative estimate of drug-likeness (QED) is 0.786. The molecule has 0 atom stereocenters. The summed E-state index contributed by atoms with van der Waals surface area (Å²) in [6.45, 7) is 4.54. The zero-order chi connectivity index (χ0) is 19.4. The van der Waals surface area contributed by atoms with E-state index in [1.165, 1.54) is 0 Å². The van der Waals surface area contributed by atoms with Gasteiger partial charge < -0.3 is 10.2 Å². The number of nitrogens with one attached hydrogen (secondary N) is 1. The number of hydrogen-bond acceptors (Lipinski definition) is 2. The van der Waals surface area contributed by atoms with Crippen molar-refractivity contribution in [3.63, 3.8) is 0 Å². The van der Waals surface area contributed by atoms with Crippen molar-refractivity contribution in [2.24, 2.45) is 0 Å². The predicted octanol–water partition coefficient (Wildman–Crippen LogP) is 4.38. The maximum absolute atomic E-state index is 13.4. The first kappa shape index (κ1) is 19.4. The molecule has 0 spiro atoms. The summed E-state index contributed by atoms with van der Waals surface area (Å²) in [6.07, 6.45) is 2.73. The average Bonchev–Trinajstić information content (AvgIpc) is 2.70. The molecule has 1 amide bonds. The maximum atomic E-state index is 13.4. The highest BCUT2D eigenvalue weighted by Gasteiger charge is 2.25. The molecule has 0 aromatic heterocycles. The smallest absolute Gasteiger partial charge is 0.254 e. The van der Waals surface area contributed by atoms with Crippen LogP contribution in [0.1, 0.15) is 36.5 Å². The lowest BCUT2D eigenvalue weighted by atomic mass is 10.0. The van der Waals surface area contributed by atoms with Gasteiger partial charge in [0, 0.05) is 18.2 Å². The molecule has 0 unspecified atom stereocenters. The van der Waals surface area contributed by atoms with Crippen molar-refractivity contribution in [1.82, 2.24) is 10.2 Å². The number of halogens is 3. The summed E-state index contributed by atoms with van der Waals surface area (Å²) in [5, 5.41) is 3.30. The lowest BCUT2D eigenvalue weighted by Gasteiger charge is -2.34. The molecular formula is C21H23F3N2O. The van der Waals surface area contributed by atoms with Crippen LogP contribution in [-0.4, -0.2) is 36.5 Å². The van der Waals surface area contributed by atoms with Gasteiger partial charge >= 0.3 is 0 Å². The summed E-state index contributed by atoms with van der Waals surface area (Å²) in [6, 6.07) is 8.69. The van der Waals surface area contributed by atoms with Crippen LogP contribution in [0.5, 0.6) is 0 Å². The highest BCUT2D eigenvalue weighted by atomic mass is 19.2. The first-order chi connectivity index (χ1) is 13.0. The van der Waals surface area contributed by atoms with Gasteiger partial charge in [0.05, 0.1) is 0 Å². The summed E-state index contributed by atoms with van der Waals surface area (Å²) >= 11 is 0. The van der Waals surface area contributed by atoms with Crippen LogP contribution in [0.3, 0.4) is 0 Å². The van der Waals surface area contributed by atoms with Crippen molar-refractivity contribution < 1.29 is 18.0 Å². The Bertz CT molecular complexity index is 779. The van der Waals surface area contributed by atoms with Crippen molar-refractivity contribution in [1.29, 1.82) is 0 Å². The van der Waals surface area contributed by atoms with Gasteiger partial charge in [-0.05, 0) is 67.7 Å². The molecule has 27 heavy (non-hydrogen) atoms. The molecule has 3 rings (SSSR count). The number of rotatable bonds is 5. The van der Waals surface area contributed by atoms with E-state index >= 15 is 0 Å². The molecular weight excluding hydrogens is 353 g/mol. The Morgan fingerprint density at radius 1 is 1.04 bits per heavy atom. The van der Waals surface area contributed by atoms with Crippen molar-refractivity contribution in [2.45, 2.75) is 32.2 Å². The SMILES string of the molecule is CCCN(C(=O)c1ccc(-c2cc(F)c(F)c(F)c2)cc1)C1CCNCC1. The van der Waals surface area contributed by atoms with Crippen LogP contribution in [0.25, 0.3) is 11.1 Å². The standard InChI is InChI=1S/C21H23F3N2O/c1-2-11-26(17-7-9-25-10-8-17)21(27)15-5-3-14(4-6-15)16-12-18(22)20(24)19(23)13-16/h3-6,12-13,17,25H,2,7-11H2,1H3. The minimum absolute atomic E-state index is 0.0354. The second-order valence-corrected chi connectivity index (χ2v) is 6.81. The number of nitrogens with zero attached hydrogens (tertiary/aromatic N) is 1. The second-order valence-electron chi connectivity index (χ2n) is 6.81. The topological polar surface area (TPSA) is 32.3 Å². The van der Waals surface area contributed by atoms with E-state index in [-0.39, 0.29) is 17.5 Å². The van der Waals surface area contributed by atoms with Crippen LogP contribution in [0.15, 0.2) is 36.4 Å². The molecule has 1 aliphatic heterocycles. The number of piperidine rings is 1. The van der Waals surface area contributed by atoms with Gasteiger partial charge in [-0.3, -0.25) is 4.79 Å². The maximum Gasteiger partial charge on any atom is 0.254 e. The van der Waals surface area contributed by atoms with Gasteiger partial charge in [0.2, 0.25) is 0 Å². The number of hydrogen-bond donors (Lipinski definition) is 1. The molecule has 3 nitrogen and oxygen atoms in total. The first-order valence-electron chi connectivity index (χ1n) is 9.28. The third-order valence-electron chi connectivity index (χ3n) is 4.92. The van der Waals surface area contributed by atoms with E-state index in [2.05, 4.69) is 5.32 Å². The van der Waals surface area contributed by atoms with Gasteiger partial charge in [0.1, 0.15) is 0 Å². The summed E-state index contributed by atoms with van der Waals surface area (Å²) in [5.74, 6) is -3.98. The number of benzene rings is 2. The van der Waals surface area contributed by atoms with Gasteiger partial charge in [0.15, 0.2) is 17.5 Å². The van der Waals surface area contributed by atoms with Crippen LogP contribution in [0, 0.1) is 17.5 Å². The van der Waals surface area contributed by atoms with Crippen molar-refractivity contribution in [2.75, 3.05) is 19.6 Å². The fourth-order valence-corrected chi connectivity index (χ4v) is 3.50. The first-order valence-corrected chi connectivity index (χ1v) is 9.28. The molecule has 0 radical (unpaired) electrons. The molecule has 1 aliphatic rings. The largest absolute Gasteiger partial charge is 0.336 e. The van der Waals surface area contributed by atoms with E-state index in [4.69, 9.17) is 0 Å². The molecule has 0 bridgehead atoms. The van der Waals surface area contributed by atoms with Crippen LogP contribution in [-0.2, 0) is 0 Å². The molecule has 1 saturated heterocycles. The summed E-state index contributed by atoms with van der Waals surface area (Å²) in [5.41, 5.74) is 1.29. The Morgan fingerprint density at radius 3 is 2.19 bits per heavy atom. The van der Waals surface area contributed by atoms with E-state index in [1.54, 1.807) is 24.3 Å². The molecule has 0 saturated carbocycles. The van der Waals surface area contributed by atoms with E-state index in [9.17, 15) is 18.0 Å². The Morgan fingerprint density at radius 2 is 1.63 bits per heavy atom. The molecule has 2 aromatic carbocycles. The Kier molecular flexibility index (Phi) is 6.16. The molecule has 6 heteroatoms. The van der Waals surface area contributed by atoms with Gasteiger partial charge in [0.25, 0.3) is 5.91 Å². The minimum atomic E-state index is -1.48. The molecule has 1 fully saturated rings. The lowest BCUT2D eigenvalue weighted by molar-refractivity contribution is 0.0642. The Hall–Kier alpha value is -2.34. The highest BCUT2D eigenvalue weighted by molar-refractivity contribution is 5.95. The average molecular weight is 376 g/mol. The van der Waals surface area contributed by atoms with Crippen molar-refractivity contribution in [3.05, 3.63) is 59.4 Å². The summed E-state index contributed by atoms with van der Waals surface area (Å²) < 4.78 is 40.0. The minimum Gasteiger partial charge on any atom is -0.336 e. The molecule has 0 aliphatic carbocycles. The molecule has 2 aromatic rings. The lowest BCUT2D eigenvalue weighted by Crippen LogP contribution is -2.46. The van der Waals surface area contributed by atoms with E-state index in [0.29, 0.717) is 17.7 Å². The Labute approximate surface area is 157 Å². The third kappa shape index (κ3) is 4.33. The van der Waals surface area contributed by atoms with Crippen molar-refractivity contribution in [3.8, 4) is 11.1 Å². The van der Waals surface area contributed by atoms with E-state index < -0.39 is 17.5 Å². The zero-order valence-corrected chi connectivity index (χ0v) is 15.3. The van der Waals surface area contributed by atoms with Crippen LogP contribution in [0.4, 0.5) is 13.2 Å². The van der Waals surface area contributed by atoms with E-state index in [0.717, 1.165) is 44.5 Å². The van der Waals surface area contributed by atoms with Crippen LogP contribution < -0.4 is 5.32 Å². The second kappa shape index (κ2) is 8.57. The monoisotopic (exact) mass is 376 g/mol. The Balaban J connectivity index is 1.82. The predicted molar refractivity (Wildman–Crippen MR) is 99.0 cm³/mol. The fraction of sp³-hybridized carbons (Fsp3) is 0.381. The fourth-order valence-electron chi connectivity index (χ4n) is 3.50. The van der Waals surface area contributed by atoms with E-state index in [1.807, 2.05) is 11.8 Å². The van der Waals surface area contributed by atoms with Gasteiger partial charge in [-0.15, -0.1) is 0 Å². The third-order valence-corrected chi connectivity index (χ3v) is 4.92. The van der Waals surface area contributed by atoms with Gasteiger partial charge in [-0.25, -0.2) is 13.2 Å². The molecule has 144 valence electrons. The van der Waals surface area contributed by atoms with Crippen LogP contribution >= 0.6 is 0 Å². The highest BCUT2D eigenvalue weighted by Crippen LogP contribution is 2.25. The number of carbonyl (C=O) groups is 1. The zero-order valence-electron chi connectivity index (χ0n) is 15.3. The van der Waals surface area contributed by atoms with Gasteiger partial charge in [-0.1, -0.05) is 19.1 Å². The molecule has 1 heterocycles. The summed E-state index contributed by atoms with van der Waals surface area (Å²) in [7, 11) is 0. The normalized spacial score (nSPS) is 15.0. The number of amides is 1. The van der Waals surface area contributed by atoms with Crippen molar-refractivity contribution >= 4 is 5.91 Å². The van der Waals surface area contributed by atoms with Gasteiger partial charge in [-0.2, -0.15) is 0 Å². The number of carbonyl (C=O) groups excluding carboxylic acids is 1. The van der Waals surface area contributed by atoms with Crippen LogP contribution in [0.2, 0.25) is 0 Å².